The normalized spacial score (nSPS) is 18.5. The van der Waals surface area contributed by atoms with Gasteiger partial charge >= 0.3 is 0 Å². The van der Waals surface area contributed by atoms with Crippen LogP contribution in [0.15, 0.2) is 24.3 Å². The zero-order chi connectivity index (χ0) is 57.9. The van der Waals surface area contributed by atoms with Crippen LogP contribution in [0.3, 0.4) is 0 Å². The first-order valence-corrected chi connectivity index (χ1v) is 35.5. The molecule has 1 aliphatic heterocycles. The van der Waals surface area contributed by atoms with E-state index in [9.17, 15) is 30.3 Å². The first kappa shape index (κ1) is 76.7. The number of allylic oxidation sites excluding steroid dienone is 4. The second-order valence-corrected chi connectivity index (χ2v) is 25.0. The number of nitrogens with one attached hydrogen (secondary N) is 1. The largest absolute Gasteiger partial charge is 0.394 e. The molecule has 9 nitrogen and oxygen atoms in total. The third-order valence-corrected chi connectivity index (χ3v) is 17.3. The van der Waals surface area contributed by atoms with Gasteiger partial charge in [0.05, 0.1) is 25.4 Å². The summed E-state index contributed by atoms with van der Waals surface area (Å²) in [4.78, 5) is 13.1. The van der Waals surface area contributed by atoms with Crippen LogP contribution < -0.4 is 5.32 Å². The maximum absolute atomic E-state index is 13.1. The maximum Gasteiger partial charge on any atom is 0.220 e. The lowest BCUT2D eigenvalue weighted by Crippen LogP contribution is -2.60. The lowest BCUT2D eigenvalue weighted by molar-refractivity contribution is -0.302. The Kier molecular flexibility index (Phi) is 58.3. The number of carbonyl (C=O) groups excluding carboxylic acids is 1. The Labute approximate surface area is 496 Å². The number of carbonyl (C=O) groups is 1. The average Bonchev–Trinajstić information content (AvgIpc) is 3.46. The minimum Gasteiger partial charge on any atom is -0.394 e. The smallest absolute Gasteiger partial charge is 0.220 e. The molecule has 0 aromatic heterocycles. The van der Waals surface area contributed by atoms with Crippen LogP contribution in [-0.4, -0.2) is 87.5 Å². The van der Waals surface area contributed by atoms with Crippen LogP contribution in [-0.2, 0) is 14.3 Å². The van der Waals surface area contributed by atoms with Crippen molar-refractivity contribution in [2.24, 2.45) is 0 Å². The van der Waals surface area contributed by atoms with E-state index < -0.39 is 49.5 Å². The Morgan fingerprint density at radius 2 is 0.738 bits per heavy atom. The molecule has 474 valence electrons. The summed E-state index contributed by atoms with van der Waals surface area (Å²) in [6.45, 7) is 3.88. The van der Waals surface area contributed by atoms with Gasteiger partial charge in [-0.3, -0.25) is 4.79 Å². The van der Waals surface area contributed by atoms with Gasteiger partial charge in [0.15, 0.2) is 6.29 Å². The number of hydrogen-bond donors (Lipinski definition) is 6. The first-order chi connectivity index (χ1) is 39.3. The van der Waals surface area contributed by atoms with Gasteiger partial charge in [0, 0.05) is 6.42 Å². The van der Waals surface area contributed by atoms with Crippen molar-refractivity contribution in [2.45, 2.75) is 410 Å². The fraction of sp³-hybridized carbons (Fsp3) is 0.930. The van der Waals surface area contributed by atoms with Crippen molar-refractivity contribution in [2.75, 3.05) is 13.2 Å². The van der Waals surface area contributed by atoms with Gasteiger partial charge in [-0.2, -0.15) is 0 Å². The second kappa shape index (κ2) is 60.8. The summed E-state index contributed by atoms with van der Waals surface area (Å²) < 4.78 is 11.4. The van der Waals surface area contributed by atoms with Gasteiger partial charge in [0.1, 0.15) is 24.4 Å². The van der Waals surface area contributed by atoms with Crippen LogP contribution in [0.4, 0.5) is 0 Å². The average molecular weight is 1130 g/mol. The molecule has 9 heteroatoms. The summed E-state index contributed by atoms with van der Waals surface area (Å²) in [6.07, 6.45) is 72.5. The highest BCUT2D eigenvalue weighted by atomic mass is 16.7. The molecule has 0 spiro atoms. The summed E-state index contributed by atoms with van der Waals surface area (Å²) in [5.41, 5.74) is 0. The molecule has 1 aliphatic rings. The Balaban J connectivity index is 2.07. The van der Waals surface area contributed by atoms with E-state index in [1.54, 1.807) is 0 Å². The number of unbranched alkanes of at least 4 members (excludes halogenated alkanes) is 49. The first-order valence-electron chi connectivity index (χ1n) is 35.5. The van der Waals surface area contributed by atoms with Crippen LogP contribution in [0.5, 0.6) is 0 Å². The van der Waals surface area contributed by atoms with Crippen LogP contribution in [0.2, 0.25) is 0 Å². The molecule has 0 bridgehead atoms. The highest BCUT2D eigenvalue weighted by molar-refractivity contribution is 5.76. The summed E-state index contributed by atoms with van der Waals surface area (Å²) in [6, 6.07) is -0.717. The van der Waals surface area contributed by atoms with Crippen molar-refractivity contribution in [3.05, 3.63) is 24.3 Å². The van der Waals surface area contributed by atoms with E-state index >= 15 is 0 Å². The van der Waals surface area contributed by atoms with Crippen LogP contribution in [0.25, 0.3) is 0 Å². The van der Waals surface area contributed by atoms with E-state index in [-0.39, 0.29) is 12.5 Å². The minimum atomic E-state index is -1.55. The zero-order valence-electron chi connectivity index (χ0n) is 53.1. The molecule has 0 radical (unpaired) electrons. The fourth-order valence-corrected chi connectivity index (χ4v) is 11.7. The number of ether oxygens (including phenoxy) is 2. The van der Waals surface area contributed by atoms with E-state index in [2.05, 4.69) is 43.5 Å². The number of amides is 1. The predicted molar refractivity (Wildman–Crippen MR) is 341 cm³/mol. The molecule has 1 rings (SSSR count). The lowest BCUT2D eigenvalue weighted by Gasteiger charge is -2.40. The van der Waals surface area contributed by atoms with Crippen molar-refractivity contribution in [1.82, 2.24) is 5.32 Å². The van der Waals surface area contributed by atoms with Crippen molar-refractivity contribution >= 4 is 5.91 Å². The fourth-order valence-electron chi connectivity index (χ4n) is 11.7. The SMILES string of the molecule is CCCCCCC/C=C\C/C=C\CCCCCCCCCCCCCCCCCCCCCCCCCC(=O)NC(COC1OC(CO)C(O)C(O)C1O)C(O)CCCCCCCCCCCCCCCCCCCCCCCC. The van der Waals surface area contributed by atoms with E-state index in [1.165, 1.54) is 295 Å². The molecular formula is C71H137NO8. The Bertz CT molecular complexity index is 1310. The van der Waals surface area contributed by atoms with Gasteiger partial charge in [-0.1, -0.05) is 340 Å². The third-order valence-electron chi connectivity index (χ3n) is 17.3. The molecule has 7 unspecified atom stereocenters. The van der Waals surface area contributed by atoms with Gasteiger partial charge in [0.2, 0.25) is 5.91 Å². The summed E-state index contributed by atoms with van der Waals surface area (Å²) in [7, 11) is 0. The second-order valence-electron chi connectivity index (χ2n) is 25.0. The molecule has 1 saturated heterocycles. The van der Waals surface area contributed by atoms with Gasteiger partial charge in [0.25, 0.3) is 0 Å². The Morgan fingerprint density at radius 3 is 1.07 bits per heavy atom. The van der Waals surface area contributed by atoms with Gasteiger partial charge in [-0.15, -0.1) is 0 Å². The zero-order valence-corrected chi connectivity index (χ0v) is 53.1. The number of aliphatic hydroxyl groups excluding tert-OH is 5. The highest BCUT2D eigenvalue weighted by Crippen LogP contribution is 2.24. The molecule has 1 amide bonds. The van der Waals surface area contributed by atoms with E-state index in [0.717, 1.165) is 44.9 Å². The number of aliphatic hydroxyl groups is 5. The lowest BCUT2D eigenvalue weighted by atomic mass is 9.99. The van der Waals surface area contributed by atoms with E-state index in [0.29, 0.717) is 12.8 Å². The van der Waals surface area contributed by atoms with Crippen LogP contribution in [0, 0.1) is 0 Å². The van der Waals surface area contributed by atoms with Gasteiger partial charge < -0.3 is 40.3 Å². The molecule has 6 N–H and O–H groups in total. The number of hydrogen-bond acceptors (Lipinski definition) is 8. The highest BCUT2D eigenvalue weighted by Gasteiger charge is 2.44. The van der Waals surface area contributed by atoms with Gasteiger partial charge in [-0.05, 0) is 44.9 Å². The molecular weight excluding hydrogens is 995 g/mol. The monoisotopic (exact) mass is 1130 g/mol. The molecule has 0 saturated carbocycles. The van der Waals surface area contributed by atoms with Gasteiger partial charge in [-0.25, -0.2) is 0 Å². The minimum absolute atomic E-state index is 0.132. The molecule has 0 aromatic rings. The molecule has 80 heavy (non-hydrogen) atoms. The summed E-state index contributed by atoms with van der Waals surface area (Å²) in [5, 5.41) is 54.9. The summed E-state index contributed by atoms with van der Waals surface area (Å²) in [5.74, 6) is -0.135. The van der Waals surface area contributed by atoms with Crippen molar-refractivity contribution in [3.63, 3.8) is 0 Å². The molecule has 0 aromatic carbocycles. The summed E-state index contributed by atoms with van der Waals surface area (Å²) >= 11 is 0. The topological polar surface area (TPSA) is 149 Å². The van der Waals surface area contributed by atoms with Crippen LogP contribution in [0.1, 0.15) is 367 Å². The van der Waals surface area contributed by atoms with Crippen molar-refractivity contribution in [3.8, 4) is 0 Å². The maximum atomic E-state index is 13.1. The van der Waals surface area contributed by atoms with E-state index in [4.69, 9.17) is 9.47 Å². The molecule has 1 heterocycles. The van der Waals surface area contributed by atoms with Crippen LogP contribution >= 0.6 is 0 Å². The Morgan fingerprint density at radius 1 is 0.425 bits per heavy atom. The molecule has 1 fully saturated rings. The van der Waals surface area contributed by atoms with Crippen molar-refractivity contribution < 1.29 is 39.8 Å². The Hall–Kier alpha value is -1.33. The predicted octanol–water partition coefficient (Wildman–Crippen LogP) is 19.3. The third kappa shape index (κ3) is 49.0. The van der Waals surface area contributed by atoms with Crippen molar-refractivity contribution in [1.29, 1.82) is 0 Å². The molecule has 7 atom stereocenters. The quantitative estimate of drug-likeness (QED) is 0.0261. The molecule has 0 aliphatic carbocycles. The van der Waals surface area contributed by atoms with E-state index in [1.807, 2.05) is 0 Å². The standard InChI is InChI=1S/C71H137NO8/c1-3-5-7-9-11-13-15-17-19-21-23-25-27-28-29-30-31-32-33-34-35-36-37-38-39-41-43-45-47-49-51-53-55-57-59-61-67(75)72-64(63-79-71-70(78)69(77)68(76)66(62-73)80-71)65(74)60-58-56-54-52-50-48-46-44-42-40-26-24-22-20-18-16-14-12-10-8-6-4-2/h15,17,21,23,64-66,68-71,73-74,76-78H,3-14,16,18-20,22,24-63H2,1-2H3,(H,72,75)/b17-15-,23-21-. The number of rotatable bonds is 63.